The van der Waals surface area contributed by atoms with Gasteiger partial charge in [0, 0.05) is 18.8 Å². The second kappa shape index (κ2) is 7.07. The predicted molar refractivity (Wildman–Crippen MR) is 88.1 cm³/mol. The van der Waals surface area contributed by atoms with Gasteiger partial charge in [-0.2, -0.15) is 5.10 Å². The first-order valence-electron chi connectivity index (χ1n) is 7.35. The molecule has 1 heterocycles. The maximum absolute atomic E-state index is 13.4. The summed E-state index contributed by atoms with van der Waals surface area (Å²) in [6.45, 7) is 8.61. The molecular formula is C16H21BrFN3. The molecule has 0 unspecified atom stereocenters. The van der Waals surface area contributed by atoms with Gasteiger partial charge < -0.3 is 4.90 Å². The number of halogens is 2. The number of benzene rings is 1. The van der Waals surface area contributed by atoms with Crippen LogP contribution in [0.5, 0.6) is 0 Å². The topological polar surface area (TPSA) is 21.1 Å². The third-order valence-electron chi connectivity index (χ3n) is 3.59. The molecule has 0 N–H and O–H groups in total. The van der Waals surface area contributed by atoms with Crippen molar-refractivity contribution in [2.45, 2.75) is 40.3 Å². The van der Waals surface area contributed by atoms with Crippen LogP contribution in [-0.2, 0) is 19.5 Å². The summed E-state index contributed by atoms with van der Waals surface area (Å²) < 4.78 is 16.5. The lowest BCUT2D eigenvalue weighted by molar-refractivity contribution is 0.602. The zero-order valence-electron chi connectivity index (χ0n) is 12.7. The zero-order valence-corrected chi connectivity index (χ0v) is 14.3. The Balaban J connectivity index is 2.32. The minimum Gasteiger partial charge on any atom is -0.366 e. The average molecular weight is 354 g/mol. The molecule has 21 heavy (non-hydrogen) atoms. The average Bonchev–Trinajstić information content (AvgIpc) is 2.80. The molecule has 0 amide bonds. The van der Waals surface area contributed by atoms with E-state index in [1.54, 1.807) is 12.1 Å². The Morgan fingerprint density at radius 1 is 1.29 bits per heavy atom. The molecule has 0 saturated heterocycles. The Labute approximate surface area is 133 Å². The Bertz CT molecular complexity index is 610. The van der Waals surface area contributed by atoms with Gasteiger partial charge in [0.2, 0.25) is 0 Å². The third kappa shape index (κ3) is 3.46. The van der Waals surface area contributed by atoms with Gasteiger partial charge in [0.15, 0.2) is 0 Å². The number of hydrogen-bond acceptors (Lipinski definition) is 2. The Hall–Kier alpha value is -1.36. The zero-order chi connectivity index (χ0) is 15.4. The maximum Gasteiger partial charge on any atom is 0.125 e. The number of aromatic nitrogens is 2. The summed E-state index contributed by atoms with van der Waals surface area (Å²) in [7, 11) is 0. The molecule has 5 heteroatoms. The molecule has 1 aromatic carbocycles. The van der Waals surface area contributed by atoms with Crippen molar-refractivity contribution in [1.82, 2.24) is 9.78 Å². The van der Waals surface area contributed by atoms with Crippen molar-refractivity contribution in [3.8, 4) is 0 Å². The van der Waals surface area contributed by atoms with E-state index in [0.29, 0.717) is 6.54 Å². The van der Waals surface area contributed by atoms with E-state index in [2.05, 4.69) is 46.7 Å². The molecule has 0 aliphatic heterocycles. The molecule has 114 valence electrons. The molecule has 3 nitrogen and oxygen atoms in total. The molecule has 0 bridgehead atoms. The molecular weight excluding hydrogens is 333 g/mol. The Morgan fingerprint density at radius 2 is 2.05 bits per heavy atom. The van der Waals surface area contributed by atoms with Crippen molar-refractivity contribution in [1.29, 1.82) is 0 Å². The molecule has 1 aromatic heterocycles. The highest BCUT2D eigenvalue weighted by molar-refractivity contribution is 9.10. The van der Waals surface area contributed by atoms with E-state index in [-0.39, 0.29) is 5.82 Å². The van der Waals surface area contributed by atoms with E-state index in [0.717, 1.165) is 41.1 Å². The van der Waals surface area contributed by atoms with Crippen molar-refractivity contribution in [3.05, 3.63) is 45.9 Å². The first kappa shape index (κ1) is 16.0. The van der Waals surface area contributed by atoms with Gasteiger partial charge in [0.05, 0.1) is 22.4 Å². The van der Waals surface area contributed by atoms with E-state index in [1.165, 1.54) is 6.07 Å². The van der Waals surface area contributed by atoms with Gasteiger partial charge in [0.25, 0.3) is 0 Å². The molecule has 0 spiro atoms. The highest BCUT2D eigenvalue weighted by atomic mass is 79.9. The van der Waals surface area contributed by atoms with E-state index in [1.807, 2.05) is 10.7 Å². The fraction of sp³-hybridized carbons (Fsp3) is 0.438. The summed E-state index contributed by atoms with van der Waals surface area (Å²) in [6.07, 6.45) is 0.896. The summed E-state index contributed by atoms with van der Waals surface area (Å²) in [5, 5.41) is 4.61. The van der Waals surface area contributed by atoms with Gasteiger partial charge in [-0.25, -0.2) is 4.39 Å². The van der Waals surface area contributed by atoms with Gasteiger partial charge in [-0.15, -0.1) is 0 Å². The Kier molecular flexibility index (Phi) is 5.39. The van der Waals surface area contributed by atoms with Crippen LogP contribution in [0.25, 0.3) is 0 Å². The third-order valence-corrected chi connectivity index (χ3v) is 4.51. The minimum absolute atomic E-state index is 0.205. The molecule has 0 radical (unpaired) electrons. The van der Waals surface area contributed by atoms with Crippen molar-refractivity contribution >= 4 is 21.6 Å². The van der Waals surface area contributed by atoms with Crippen LogP contribution in [0.4, 0.5) is 10.1 Å². The largest absolute Gasteiger partial charge is 0.366 e. The van der Waals surface area contributed by atoms with Gasteiger partial charge in [0.1, 0.15) is 5.82 Å². The second-order valence-electron chi connectivity index (χ2n) is 4.87. The summed E-state index contributed by atoms with van der Waals surface area (Å²) in [5.41, 5.74) is 3.11. The van der Waals surface area contributed by atoms with Crippen molar-refractivity contribution in [2.24, 2.45) is 0 Å². The smallest absolute Gasteiger partial charge is 0.125 e. The molecule has 0 aliphatic carbocycles. The van der Waals surface area contributed by atoms with Gasteiger partial charge in [-0.05, 0) is 54.4 Å². The van der Waals surface area contributed by atoms with Crippen LogP contribution in [-0.4, -0.2) is 16.3 Å². The van der Waals surface area contributed by atoms with Crippen LogP contribution >= 0.6 is 15.9 Å². The maximum atomic E-state index is 13.4. The van der Waals surface area contributed by atoms with Gasteiger partial charge >= 0.3 is 0 Å². The normalized spacial score (nSPS) is 10.9. The second-order valence-corrected chi connectivity index (χ2v) is 5.66. The fourth-order valence-electron chi connectivity index (χ4n) is 2.41. The molecule has 0 aliphatic rings. The number of rotatable bonds is 6. The number of aryl methyl sites for hydroxylation is 2. The van der Waals surface area contributed by atoms with Crippen molar-refractivity contribution in [3.63, 3.8) is 0 Å². The first-order chi connectivity index (χ1) is 10.1. The SMILES string of the molecule is CCc1nn(CC)c(CN(CC)c2cccc(F)c2)c1Br. The van der Waals surface area contributed by atoms with Crippen molar-refractivity contribution in [2.75, 3.05) is 11.4 Å². The summed E-state index contributed by atoms with van der Waals surface area (Å²) in [6, 6.07) is 6.73. The quantitative estimate of drug-likeness (QED) is 0.767. The van der Waals surface area contributed by atoms with Crippen LogP contribution < -0.4 is 4.90 Å². The highest BCUT2D eigenvalue weighted by Crippen LogP contribution is 2.26. The monoisotopic (exact) mass is 353 g/mol. The molecule has 0 atom stereocenters. The standard InChI is InChI=1S/C16H21BrFN3/c1-4-14-16(17)15(21(6-3)19-14)11-20(5-2)13-9-7-8-12(18)10-13/h7-10H,4-6,11H2,1-3H3. The number of hydrogen-bond donors (Lipinski definition) is 0. The fourth-order valence-corrected chi connectivity index (χ4v) is 3.10. The Morgan fingerprint density at radius 3 is 2.62 bits per heavy atom. The molecule has 0 saturated carbocycles. The van der Waals surface area contributed by atoms with Crippen LogP contribution in [0, 0.1) is 5.82 Å². The van der Waals surface area contributed by atoms with Gasteiger partial charge in [-0.1, -0.05) is 13.0 Å². The lowest BCUT2D eigenvalue weighted by atomic mass is 10.2. The summed E-state index contributed by atoms with van der Waals surface area (Å²) in [5.74, 6) is -0.205. The highest BCUT2D eigenvalue weighted by Gasteiger charge is 2.17. The van der Waals surface area contributed by atoms with Crippen LogP contribution in [0.15, 0.2) is 28.7 Å². The van der Waals surface area contributed by atoms with E-state index >= 15 is 0 Å². The van der Waals surface area contributed by atoms with Crippen molar-refractivity contribution < 1.29 is 4.39 Å². The minimum atomic E-state index is -0.205. The van der Waals surface area contributed by atoms with Crippen LogP contribution in [0.1, 0.15) is 32.2 Å². The number of nitrogens with zero attached hydrogens (tertiary/aromatic N) is 3. The van der Waals surface area contributed by atoms with Crippen LogP contribution in [0.2, 0.25) is 0 Å². The number of anilines is 1. The summed E-state index contributed by atoms with van der Waals surface area (Å²) >= 11 is 3.66. The lowest BCUT2D eigenvalue weighted by Crippen LogP contribution is -2.24. The van der Waals surface area contributed by atoms with Crippen LogP contribution in [0.3, 0.4) is 0 Å². The van der Waals surface area contributed by atoms with Gasteiger partial charge in [-0.3, -0.25) is 4.68 Å². The van der Waals surface area contributed by atoms with E-state index in [9.17, 15) is 4.39 Å². The molecule has 2 rings (SSSR count). The lowest BCUT2D eigenvalue weighted by Gasteiger charge is -2.23. The first-order valence-corrected chi connectivity index (χ1v) is 8.14. The van der Waals surface area contributed by atoms with E-state index in [4.69, 9.17) is 0 Å². The molecule has 2 aromatic rings. The molecule has 0 fully saturated rings. The summed E-state index contributed by atoms with van der Waals surface area (Å²) in [4.78, 5) is 2.15. The predicted octanol–water partition coefficient (Wildman–Crippen LogP) is 4.39. The van der Waals surface area contributed by atoms with E-state index < -0.39 is 0 Å².